The van der Waals surface area contributed by atoms with Crippen LogP contribution in [-0.2, 0) is 0 Å². The van der Waals surface area contributed by atoms with E-state index in [4.69, 9.17) is 11.6 Å². The third-order valence-corrected chi connectivity index (χ3v) is 6.04. The van der Waals surface area contributed by atoms with Gasteiger partial charge in [-0.05, 0) is 61.5 Å². The highest BCUT2D eigenvalue weighted by molar-refractivity contribution is 6.31. The molecule has 0 saturated heterocycles. The minimum absolute atomic E-state index is 0. The van der Waals surface area contributed by atoms with Gasteiger partial charge in [-0.15, -0.1) is 12.4 Å². The molecule has 0 aliphatic heterocycles. The molecule has 33 heavy (non-hydrogen) atoms. The van der Waals surface area contributed by atoms with E-state index < -0.39 is 6.10 Å². The summed E-state index contributed by atoms with van der Waals surface area (Å²) < 4.78 is 2.08. The van der Waals surface area contributed by atoms with Crippen LogP contribution in [0.25, 0.3) is 10.9 Å². The van der Waals surface area contributed by atoms with Gasteiger partial charge in [0.25, 0.3) is 5.91 Å². The Morgan fingerprint density at radius 2 is 1.82 bits per heavy atom. The molecule has 0 saturated carbocycles. The number of carbonyl (C=O) groups is 1. The lowest BCUT2D eigenvalue weighted by Crippen LogP contribution is -2.33. The van der Waals surface area contributed by atoms with Crippen molar-refractivity contribution in [2.45, 2.75) is 19.1 Å². The van der Waals surface area contributed by atoms with Crippen molar-refractivity contribution in [1.29, 1.82) is 0 Å². The molecule has 1 aromatic heterocycles. The van der Waals surface area contributed by atoms with Crippen molar-refractivity contribution in [3.8, 4) is 0 Å². The second kappa shape index (κ2) is 10.9. The summed E-state index contributed by atoms with van der Waals surface area (Å²) in [7, 11) is 1.83. The highest BCUT2D eigenvalue weighted by Gasteiger charge is 2.23. The lowest BCUT2D eigenvalue weighted by atomic mass is 10.0. The van der Waals surface area contributed by atoms with Crippen LogP contribution >= 0.6 is 24.0 Å². The van der Waals surface area contributed by atoms with E-state index >= 15 is 0 Å². The number of amides is 1. The molecule has 172 valence electrons. The zero-order valence-corrected chi connectivity index (χ0v) is 20.0. The highest BCUT2D eigenvalue weighted by Crippen LogP contribution is 2.29. The first kappa shape index (κ1) is 24.8. The van der Waals surface area contributed by atoms with Gasteiger partial charge in [-0.25, -0.2) is 0 Å². The summed E-state index contributed by atoms with van der Waals surface area (Å²) in [6.45, 7) is 2.37. The third kappa shape index (κ3) is 5.40. The molecular weight excluding hydrogens is 457 g/mol. The molecule has 0 radical (unpaired) electrons. The van der Waals surface area contributed by atoms with Gasteiger partial charge in [-0.2, -0.15) is 0 Å². The maximum atomic E-state index is 12.7. The smallest absolute Gasteiger partial charge is 0.255 e. The van der Waals surface area contributed by atoms with Crippen LogP contribution in [0.2, 0.25) is 5.02 Å². The van der Waals surface area contributed by atoms with Crippen LogP contribution in [0.3, 0.4) is 0 Å². The van der Waals surface area contributed by atoms with Crippen molar-refractivity contribution in [1.82, 2.24) is 9.88 Å². The average molecular weight is 484 g/mol. The van der Waals surface area contributed by atoms with Crippen molar-refractivity contribution in [3.63, 3.8) is 0 Å². The Labute approximate surface area is 204 Å². The number of aliphatic hydroxyl groups excluding tert-OH is 1. The van der Waals surface area contributed by atoms with Gasteiger partial charge in [0, 0.05) is 39.9 Å². The van der Waals surface area contributed by atoms with Crippen molar-refractivity contribution in [2.24, 2.45) is 0 Å². The molecular formula is C26H27Cl2N3O2. The number of rotatable bonds is 7. The predicted octanol–water partition coefficient (Wildman–Crippen LogP) is 5.45. The number of aliphatic hydroxyl groups is 1. The van der Waals surface area contributed by atoms with Gasteiger partial charge in [0.2, 0.25) is 0 Å². The normalized spacial score (nSPS) is 12.7. The summed E-state index contributed by atoms with van der Waals surface area (Å²) >= 11 is 6.16. The minimum Gasteiger partial charge on any atom is -0.389 e. The Bertz CT molecular complexity index is 1240. The number of fused-ring (bicyclic) bond motifs is 1. The Morgan fingerprint density at radius 1 is 1.06 bits per heavy atom. The molecule has 1 heterocycles. The number of anilines is 1. The molecule has 1 amide bonds. The molecule has 0 fully saturated rings. The lowest BCUT2D eigenvalue weighted by Gasteiger charge is -2.26. The van der Waals surface area contributed by atoms with Crippen LogP contribution < -0.4 is 10.6 Å². The number of hydrogen-bond acceptors (Lipinski definition) is 3. The number of aromatic nitrogens is 1. The molecule has 2 atom stereocenters. The maximum Gasteiger partial charge on any atom is 0.255 e. The zero-order chi connectivity index (χ0) is 22.7. The third-order valence-electron chi connectivity index (χ3n) is 5.63. The van der Waals surface area contributed by atoms with Crippen LogP contribution in [-0.4, -0.2) is 35.3 Å². The van der Waals surface area contributed by atoms with E-state index in [1.807, 2.05) is 80.8 Å². The van der Waals surface area contributed by atoms with Gasteiger partial charge in [0.15, 0.2) is 0 Å². The van der Waals surface area contributed by atoms with Crippen LogP contribution in [0.5, 0.6) is 0 Å². The molecule has 0 aliphatic rings. The molecule has 3 N–H and O–H groups in total. The van der Waals surface area contributed by atoms with Crippen LogP contribution in [0.15, 0.2) is 79.0 Å². The lowest BCUT2D eigenvalue weighted by molar-refractivity contribution is 0.102. The quantitative estimate of drug-likeness (QED) is 0.327. The number of halogens is 2. The van der Waals surface area contributed by atoms with Gasteiger partial charge < -0.3 is 20.3 Å². The highest BCUT2D eigenvalue weighted by atomic mass is 35.5. The summed E-state index contributed by atoms with van der Waals surface area (Å²) in [6, 6.07) is 22.8. The fourth-order valence-electron chi connectivity index (χ4n) is 3.96. The standard InChI is InChI=1S/C26H26ClN3O2.ClH/c1-17-8-9-20(15-22(17)27)26(32)29-21-10-11-23-19(14-21)12-13-30(23)25(24(31)16-28-2)18-6-4-3-5-7-18;/h3-15,24-25,28,31H,16H2,1-2H3,(H,29,32);1H/t24-,25-;/m0./s1. The Balaban J connectivity index is 0.00000306. The van der Waals surface area contributed by atoms with Gasteiger partial charge in [0.05, 0.1) is 12.1 Å². The number of hydrogen-bond donors (Lipinski definition) is 3. The largest absolute Gasteiger partial charge is 0.389 e. The second-order valence-corrected chi connectivity index (χ2v) is 8.30. The number of benzene rings is 3. The monoisotopic (exact) mass is 483 g/mol. The predicted molar refractivity (Wildman–Crippen MR) is 138 cm³/mol. The van der Waals surface area contributed by atoms with Crippen LogP contribution in [0.4, 0.5) is 5.69 Å². The van der Waals surface area contributed by atoms with E-state index in [-0.39, 0.29) is 24.4 Å². The van der Waals surface area contributed by atoms with E-state index in [1.165, 1.54) is 0 Å². The second-order valence-electron chi connectivity index (χ2n) is 7.90. The van der Waals surface area contributed by atoms with Crippen molar-refractivity contribution in [2.75, 3.05) is 18.9 Å². The van der Waals surface area contributed by atoms with E-state index in [0.717, 1.165) is 22.0 Å². The first-order chi connectivity index (χ1) is 15.5. The van der Waals surface area contributed by atoms with Crippen molar-refractivity contribution >= 4 is 46.5 Å². The van der Waals surface area contributed by atoms with Crippen LogP contribution in [0.1, 0.15) is 27.5 Å². The van der Waals surface area contributed by atoms with Gasteiger partial charge in [0.1, 0.15) is 0 Å². The van der Waals surface area contributed by atoms with Crippen molar-refractivity contribution < 1.29 is 9.90 Å². The topological polar surface area (TPSA) is 66.3 Å². The Kier molecular flexibility index (Phi) is 8.16. The Morgan fingerprint density at radius 3 is 2.52 bits per heavy atom. The van der Waals surface area contributed by atoms with E-state index in [2.05, 4.69) is 15.2 Å². The Hall–Kier alpha value is -2.83. The number of aryl methyl sites for hydroxylation is 1. The van der Waals surface area contributed by atoms with Crippen LogP contribution in [0, 0.1) is 6.92 Å². The SMILES string of the molecule is CNC[C@H](O)[C@H](c1ccccc1)n1ccc2cc(NC(=O)c3ccc(C)c(Cl)c3)ccc21.Cl. The molecule has 3 aromatic carbocycles. The number of likely N-dealkylation sites (N-methyl/N-ethyl adjacent to an activating group) is 1. The van der Waals surface area contributed by atoms with E-state index in [0.29, 0.717) is 22.8 Å². The summed E-state index contributed by atoms with van der Waals surface area (Å²) in [4.78, 5) is 12.7. The first-order valence-corrected chi connectivity index (χ1v) is 10.9. The zero-order valence-electron chi connectivity index (χ0n) is 18.5. The van der Waals surface area contributed by atoms with Gasteiger partial charge in [-0.1, -0.05) is 48.0 Å². The molecule has 0 aliphatic carbocycles. The molecule has 4 aromatic rings. The summed E-state index contributed by atoms with van der Waals surface area (Å²) in [5, 5.41) is 18.4. The molecule has 0 bridgehead atoms. The summed E-state index contributed by atoms with van der Waals surface area (Å²) in [5.41, 5.74) is 4.15. The molecule has 7 heteroatoms. The first-order valence-electron chi connectivity index (χ1n) is 10.5. The fourth-order valence-corrected chi connectivity index (χ4v) is 4.14. The number of nitrogens with zero attached hydrogens (tertiary/aromatic N) is 1. The molecule has 0 unspecified atom stereocenters. The fraction of sp³-hybridized carbons (Fsp3) is 0.192. The number of nitrogens with one attached hydrogen (secondary N) is 2. The summed E-state index contributed by atoms with van der Waals surface area (Å²) in [5.74, 6) is -0.211. The van der Waals surface area contributed by atoms with Gasteiger partial charge >= 0.3 is 0 Å². The average Bonchev–Trinajstić information content (AvgIpc) is 3.19. The summed E-state index contributed by atoms with van der Waals surface area (Å²) in [6.07, 6.45) is 1.37. The molecule has 4 rings (SSSR count). The van der Waals surface area contributed by atoms with Crippen molar-refractivity contribution in [3.05, 3.63) is 101 Å². The maximum absolute atomic E-state index is 12.7. The molecule has 5 nitrogen and oxygen atoms in total. The van der Waals surface area contributed by atoms with Gasteiger partial charge in [-0.3, -0.25) is 4.79 Å². The molecule has 0 spiro atoms. The minimum atomic E-state index is -0.608. The van der Waals surface area contributed by atoms with E-state index in [9.17, 15) is 9.90 Å². The number of carbonyl (C=O) groups excluding carboxylic acids is 1. The van der Waals surface area contributed by atoms with E-state index in [1.54, 1.807) is 12.1 Å².